The van der Waals surface area contributed by atoms with Gasteiger partial charge >= 0.3 is 0 Å². The van der Waals surface area contributed by atoms with Crippen LogP contribution in [0.3, 0.4) is 0 Å². The Bertz CT molecular complexity index is 1470. The van der Waals surface area contributed by atoms with Crippen molar-refractivity contribution in [3.8, 4) is 23.0 Å². The van der Waals surface area contributed by atoms with Gasteiger partial charge in [-0.25, -0.2) is 0 Å². The highest BCUT2D eigenvalue weighted by atomic mass is 16.5. The van der Waals surface area contributed by atoms with Crippen molar-refractivity contribution in [3.63, 3.8) is 0 Å². The molecule has 2 aromatic carbocycles. The summed E-state index contributed by atoms with van der Waals surface area (Å²) in [6.45, 7) is 4.91. The third-order valence-corrected chi connectivity index (χ3v) is 9.90. The van der Waals surface area contributed by atoms with Gasteiger partial charge in [0.25, 0.3) is 0 Å². The molecule has 7 nitrogen and oxygen atoms in total. The van der Waals surface area contributed by atoms with Crippen molar-refractivity contribution < 1.29 is 23.7 Å². The van der Waals surface area contributed by atoms with E-state index in [4.69, 9.17) is 23.9 Å². The largest absolute Gasteiger partial charge is 0.493 e. The number of nitrogens with one attached hydrogen (secondary N) is 1. The second kappa shape index (κ2) is 10.1. The van der Waals surface area contributed by atoms with Gasteiger partial charge in [0.1, 0.15) is 0 Å². The Morgan fingerprint density at radius 3 is 2.12 bits per heavy atom. The number of hydrogen-bond acceptors (Lipinski definition) is 6. The fourth-order valence-electron chi connectivity index (χ4n) is 9.53. The molecular weight excluding hydrogens is 516 g/mol. The molecule has 7 heteroatoms. The molecule has 3 atom stereocenters. The maximum absolute atomic E-state index is 14.1. The lowest BCUT2D eigenvalue weighted by molar-refractivity contribution is -0.156. The number of benzene rings is 2. The van der Waals surface area contributed by atoms with Gasteiger partial charge in [0.15, 0.2) is 23.0 Å². The fourth-order valence-corrected chi connectivity index (χ4v) is 9.53. The van der Waals surface area contributed by atoms with Crippen LogP contribution < -0.4 is 24.3 Å². The minimum atomic E-state index is -0.496. The lowest BCUT2D eigenvalue weighted by Crippen LogP contribution is -2.56. The highest BCUT2D eigenvalue weighted by Crippen LogP contribution is 2.70. The Hall–Kier alpha value is -3.48. The first-order valence-corrected chi connectivity index (χ1v) is 14.6. The summed E-state index contributed by atoms with van der Waals surface area (Å²) in [5.74, 6) is 3.30. The van der Waals surface area contributed by atoms with Gasteiger partial charge in [0.05, 0.1) is 40.2 Å². The third kappa shape index (κ3) is 4.98. The molecule has 1 heterocycles. The highest BCUT2D eigenvalue weighted by molar-refractivity contribution is 5.89. The minimum Gasteiger partial charge on any atom is -0.493 e. The molecule has 1 N–H and O–H groups in total. The maximum atomic E-state index is 14.1. The smallest absolute Gasteiger partial charge is 0.221 e. The van der Waals surface area contributed by atoms with Crippen LogP contribution in [-0.4, -0.2) is 39.3 Å². The predicted octanol–water partition coefficient (Wildman–Crippen LogP) is 6.86. The molecule has 3 aromatic rings. The van der Waals surface area contributed by atoms with Crippen LogP contribution in [0.2, 0.25) is 0 Å². The number of fused-ring (bicyclic) bond motifs is 1. The summed E-state index contributed by atoms with van der Waals surface area (Å²) < 4.78 is 22.3. The van der Waals surface area contributed by atoms with Crippen molar-refractivity contribution >= 4 is 16.7 Å². The number of rotatable bonds is 9. The molecule has 4 aliphatic rings. The zero-order chi connectivity index (χ0) is 29.0. The minimum absolute atomic E-state index is 0.0674. The lowest BCUT2D eigenvalue weighted by Gasteiger charge is -2.65. The standard InChI is InChI=1S/C34H42N2O5/c1-32-14-21-15-33(2,18-32)20-34(16-21,19-32)17-29(37)36-30(23-7-8-25(38-3)26(12-23)39-4)31-24-13-28(41-6)27(40-5)11-22(24)9-10-35-31/h7-13,21,30H,14-20H2,1-6H3,(H,36,37)/t21?,30-,32-,33-,34?/m0/s1. The normalized spacial score (nSPS) is 28.8. The Kier molecular flexibility index (Phi) is 6.82. The predicted molar refractivity (Wildman–Crippen MR) is 159 cm³/mol. The van der Waals surface area contributed by atoms with Crippen LogP contribution in [0.1, 0.15) is 76.1 Å². The van der Waals surface area contributed by atoms with Gasteiger partial charge in [-0.3, -0.25) is 9.78 Å². The number of hydrogen-bond donors (Lipinski definition) is 1. The van der Waals surface area contributed by atoms with Crippen LogP contribution in [0.25, 0.3) is 10.8 Å². The molecule has 0 saturated heterocycles. The van der Waals surface area contributed by atoms with Gasteiger partial charge in [-0.15, -0.1) is 0 Å². The summed E-state index contributed by atoms with van der Waals surface area (Å²) in [6.07, 6.45) is 9.69. The number of aromatic nitrogens is 1. The van der Waals surface area contributed by atoms with Gasteiger partial charge in [0.2, 0.25) is 5.91 Å². The van der Waals surface area contributed by atoms with Crippen LogP contribution in [0.15, 0.2) is 42.6 Å². The lowest BCUT2D eigenvalue weighted by atomic mass is 9.40. The quantitative estimate of drug-likeness (QED) is 0.309. The summed E-state index contributed by atoms with van der Waals surface area (Å²) in [6, 6.07) is 11.1. The summed E-state index contributed by atoms with van der Waals surface area (Å²) >= 11 is 0. The Morgan fingerprint density at radius 1 is 0.854 bits per heavy atom. The molecule has 41 heavy (non-hydrogen) atoms. The molecule has 0 spiro atoms. The van der Waals surface area contributed by atoms with E-state index in [-0.39, 0.29) is 11.3 Å². The number of ether oxygens (including phenoxy) is 4. The molecule has 4 saturated carbocycles. The Balaban J connectivity index is 1.39. The second-order valence-electron chi connectivity index (χ2n) is 13.5. The van der Waals surface area contributed by atoms with Gasteiger partial charge in [-0.2, -0.15) is 0 Å². The SMILES string of the molecule is COc1ccc([C@H](NC(=O)CC23CC4C[C@](C)(C2)C[C@](C)(C4)C3)c2nccc3cc(OC)c(OC)cc23)cc1OC. The van der Waals surface area contributed by atoms with Crippen LogP contribution in [0.5, 0.6) is 23.0 Å². The third-order valence-electron chi connectivity index (χ3n) is 9.90. The molecule has 0 unspecified atom stereocenters. The van der Waals surface area contributed by atoms with Crippen LogP contribution in [0.4, 0.5) is 0 Å². The number of methoxy groups -OCH3 is 4. The van der Waals surface area contributed by atoms with Crippen LogP contribution in [-0.2, 0) is 4.79 Å². The number of carbonyl (C=O) groups is 1. The van der Waals surface area contributed by atoms with E-state index in [1.165, 1.54) is 19.3 Å². The molecule has 4 fully saturated rings. The zero-order valence-corrected chi connectivity index (χ0v) is 25.1. The van der Waals surface area contributed by atoms with Crippen molar-refractivity contribution in [2.45, 2.75) is 64.8 Å². The van der Waals surface area contributed by atoms with E-state index in [1.54, 1.807) is 34.6 Å². The Morgan fingerprint density at radius 2 is 1.49 bits per heavy atom. The number of amides is 1. The fraction of sp³-hybridized carbons (Fsp3) is 0.529. The monoisotopic (exact) mass is 558 g/mol. The molecule has 4 aliphatic carbocycles. The second-order valence-corrected chi connectivity index (χ2v) is 13.5. The van der Waals surface area contributed by atoms with E-state index in [1.807, 2.05) is 36.4 Å². The Labute approximate surface area is 242 Å². The van der Waals surface area contributed by atoms with E-state index in [0.717, 1.165) is 47.2 Å². The maximum Gasteiger partial charge on any atom is 0.221 e. The highest BCUT2D eigenvalue weighted by Gasteiger charge is 2.60. The van der Waals surface area contributed by atoms with Crippen LogP contribution in [0, 0.1) is 22.2 Å². The van der Waals surface area contributed by atoms with Gasteiger partial charge in [-0.05, 0) is 102 Å². The first kappa shape index (κ1) is 27.7. The van der Waals surface area contributed by atoms with Gasteiger partial charge in [0, 0.05) is 18.0 Å². The van der Waals surface area contributed by atoms with E-state index in [2.05, 4.69) is 19.2 Å². The van der Waals surface area contributed by atoms with Crippen molar-refractivity contribution in [2.75, 3.05) is 28.4 Å². The van der Waals surface area contributed by atoms with E-state index in [9.17, 15) is 4.79 Å². The summed E-state index contributed by atoms with van der Waals surface area (Å²) in [7, 11) is 6.50. The topological polar surface area (TPSA) is 78.9 Å². The first-order chi connectivity index (χ1) is 19.6. The molecule has 1 amide bonds. The molecule has 7 rings (SSSR count). The average molecular weight is 559 g/mol. The molecule has 0 radical (unpaired) electrons. The molecule has 4 bridgehead atoms. The number of carbonyl (C=O) groups excluding carboxylic acids is 1. The van der Waals surface area contributed by atoms with E-state index >= 15 is 0 Å². The molecule has 0 aliphatic heterocycles. The average Bonchev–Trinajstić information content (AvgIpc) is 2.92. The van der Waals surface area contributed by atoms with Gasteiger partial charge < -0.3 is 24.3 Å². The summed E-state index contributed by atoms with van der Waals surface area (Å²) in [5.41, 5.74) is 2.38. The van der Waals surface area contributed by atoms with Crippen molar-refractivity contribution in [1.29, 1.82) is 0 Å². The number of nitrogens with zero attached hydrogens (tertiary/aromatic N) is 1. The van der Waals surface area contributed by atoms with Crippen molar-refractivity contribution in [3.05, 3.63) is 53.9 Å². The van der Waals surface area contributed by atoms with E-state index < -0.39 is 6.04 Å². The van der Waals surface area contributed by atoms with Crippen molar-refractivity contribution in [1.82, 2.24) is 10.3 Å². The van der Waals surface area contributed by atoms with Gasteiger partial charge in [-0.1, -0.05) is 19.9 Å². The molecule has 1 aromatic heterocycles. The molecular formula is C34H42N2O5. The number of pyridine rings is 1. The molecule has 218 valence electrons. The first-order valence-electron chi connectivity index (χ1n) is 14.6. The van der Waals surface area contributed by atoms with E-state index in [0.29, 0.717) is 40.2 Å². The van der Waals surface area contributed by atoms with Crippen LogP contribution >= 0.6 is 0 Å². The van der Waals surface area contributed by atoms with Crippen molar-refractivity contribution in [2.24, 2.45) is 22.2 Å². The summed E-state index contributed by atoms with van der Waals surface area (Å²) in [5, 5.41) is 5.27. The zero-order valence-electron chi connectivity index (χ0n) is 25.1. The summed E-state index contributed by atoms with van der Waals surface area (Å²) in [4.78, 5) is 18.9.